The highest BCUT2D eigenvalue weighted by Gasteiger charge is 2.28. The minimum absolute atomic E-state index is 0.00681. The van der Waals surface area contributed by atoms with E-state index in [0.717, 1.165) is 24.3 Å². The van der Waals surface area contributed by atoms with Crippen LogP contribution in [-0.2, 0) is 4.79 Å². The second kappa shape index (κ2) is 4.66. The molecule has 0 saturated carbocycles. The number of benzene rings is 1. The molecule has 1 unspecified atom stereocenters. The molecule has 0 amide bonds. The highest BCUT2D eigenvalue weighted by molar-refractivity contribution is 5.88. The molecule has 86 valence electrons. The zero-order valence-corrected chi connectivity index (χ0v) is 9.77. The van der Waals surface area contributed by atoms with Gasteiger partial charge in [-0.1, -0.05) is 18.2 Å². The lowest BCUT2D eigenvalue weighted by atomic mass is 9.88. The summed E-state index contributed by atoms with van der Waals surface area (Å²) in [5.41, 5.74) is 1.03. The number of hydrogen-bond acceptors (Lipinski definition) is 3. The number of para-hydroxylation sites is 1. The van der Waals surface area contributed by atoms with Gasteiger partial charge in [0.2, 0.25) is 0 Å². The van der Waals surface area contributed by atoms with Gasteiger partial charge in [0.1, 0.15) is 5.75 Å². The van der Waals surface area contributed by atoms with Crippen LogP contribution in [0.15, 0.2) is 24.3 Å². The van der Waals surface area contributed by atoms with E-state index in [1.54, 1.807) is 7.11 Å². The summed E-state index contributed by atoms with van der Waals surface area (Å²) in [4.78, 5) is 14.0. The summed E-state index contributed by atoms with van der Waals surface area (Å²) in [7, 11) is 3.63. The zero-order chi connectivity index (χ0) is 11.5. The van der Waals surface area contributed by atoms with Crippen molar-refractivity contribution in [3.63, 3.8) is 0 Å². The Kier molecular flexibility index (Phi) is 3.25. The molecule has 1 atom stereocenters. The number of methoxy groups -OCH3 is 1. The SMILES string of the molecule is COc1ccccc1C1CCN(C)CC1=O. The van der Waals surface area contributed by atoms with Crippen molar-refractivity contribution in [3.8, 4) is 5.75 Å². The van der Waals surface area contributed by atoms with Gasteiger partial charge in [-0.25, -0.2) is 0 Å². The molecule has 1 aromatic rings. The molecule has 2 rings (SSSR count). The van der Waals surface area contributed by atoms with Crippen LogP contribution in [0.1, 0.15) is 17.9 Å². The van der Waals surface area contributed by atoms with Crippen molar-refractivity contribution in [1.82, 2.24) is 4.90 Å². The fraction of sp³-hybridized carbons (Fsp3) is 0.462. The summed E-state index contributed by atoms with van der Waals surface area (Å²) >= 11 is 0. The third-order valence-corrected chi connectivity index (χ3v) is 3.13. The number of likely N-dealkylation sites (tertiary alicyclic amines) is 1. The Morgan fingerprint density at radius 3 is 2.81 bits per heavy atom. The molecule has 3 nitrogen and oxygen atoms in total. The van der Waals surface area contributed by atoms with Crippen LogP contribution in [0.3, 0.4) is 0 Å². The van der Waals surface area contributed by atoms with E-state index in [-0.39, 0.29) is 5.92 Å². The first-order valence-corrected chi connectivity index (χ1v) is 5.56. The molecular formula is C13H17NO2. The van der Waals surface area contributed by atoms with Gasteiger partial charge in [-0.3, -0.25) is 9.69 Å². The van der Waals surface area contributed by atoms with Crippen molar-refractivity contribution in [2.75, 3.05) is 27.2 Å². The minimum Gasteiger partial charge on any atom is -0.496 e. The number of Topliss-reactive ketones (excluding diaryl/α,β-unsaturated/α-hetero) is 1. The summed E-state index contributed by atoms with van der Waals surface area (Å²) in [6.07, 6.45) is 0.885. The summed E-state index contributed by atoms with van der Waals surface area (Å²) in [5, 5.41) is 0. The fourth-order valence-electron chi connectivity index (χ4n) is 2.25. The number of carbonyl (C=O) groups is 1. The van der Waals surface area contributed by atoms with Gasteiger partial charge < -0.3 is 4.74 Å². The van der Waals surface area contributed by atoms with Crippen molar-refractivity contribution in [2.45, 2.75) is 12.3 Å². The van der Waals surface area contributed by atoms with Crippen molar-refractivity contribution in [2.24, 2.45) is 0 Å². The Balaban J connectivity index is 2.26. The number of hydrogen-bond donors (Lipinski definition) is 0. The lowest BCUT2D eigenvalue weighted by Crippen LogP contribution is -2.37. The average Bonchev–Trinajstić information content (AvgIpc) is 2.29. The standard InChI is InChI=1S/C13H17NO2/c1-14-8-7-10(12(15)9-14)11-5-3-4-6-13(11)16-2/h3-6,10H,7-9H2,1-2H3. The lowest BCUT2D eigenvalue weighted by Gasteiger charge is -2.28. The minimum atomic E-state index is 0.00681. The van der Waals surface area contributed by atoms with E-state index in [2.05, 4.69) is 4.90 Å². The zero-order valence-electron chi connectivity index (χ0n) is 9.77. The third kappa shape index (κ3) is 2.09. The number of ketones is 1. The second-order valence-electron chi connectivity index (χ2n) is 4.29. The third-order valence-electron chi connectivity index (χ3n) is 3.13. The Morgan fingerprint density at radius 1 is 1.38 bits per heavy atom. The van der Waals surface area contributed by atoms with Crippen LogP contribution < -0.4 is 4.74 Å². The largest absolute Gasteiger partial charge is 0.496 e. The van der Waals surface area contributed by atoms with Crippen molar-refractivity contribution < 1.29 is 9.53 Å². The quantitative estimate of drug-likeness (QED) is 0.758. The number of ether oxygens (including phenoxy) is 1. The fourth-order valence-corrected chi connectivity index (χ4v) is 2.25. The molecule has 1 aliphatic heterocycles. The smallest absolute Gasteiger partial charge is 0.154 e. The van der Waals surface area contributed by atoms with Gasteiger partial charge in [0.25, 0.3) is 0 Å². The molecule has 1 fully saturated rings. The molecule has 0 bridgehead atoms. The topological polar surface area (TPSA) is 29.5 Å². The Hall–Kier alpha value is -1.35. The number of piperidine rings is 1. The van der Waals surface area contributed by atoms with Gasteiger partial charge in [-0.05, 0) is 26.1 Å². The average molecular weight is 219 g/mol. The van der Waals surface area contributed by atoms with Gasteiger partial charge in [-0.15, -0.1) is 0 Å². The maximum Gasteiger partial charge on any atom is 0.154 e. The predicted octanol–water partition coefficient (Wildman–Crippen LogP) is 1.68. The maximum atomic E-state index is 12.0. The van der Waals surface area contributed by atoms with Gasteiger partial charge in [0, 0.05) is 11.5 Å². The highest BCUT2D eigenvalue weighted by Crippen LogP contribution is 2.31. The first-order chi connectivity index (χ1) is 7.72. The van der Waals surface area contributed by atoms with Crippen LogP contribution in [0.25, 0.3) is 0 Å². The first kappa shape index (κ1) is 11.1. The van der Waals surface area contributed by atoms with Crippen LogP contribution in [0.2, 0.25) is 0 Å². The summed E-state index contributed by atoms with van der Waals surface area (Å²) in [5.74, 6) is 1.12. The molecule has 1 heterocycles. The summed E-state index contributed by atoms with van der Waals surface area (Å²) < 4.78 is 5.31. The maximum absolute atomic E-state index is 12.0. The molecule has 0 aliphatic carbocycles. The van der Waals surface area contributed by atoms with Crippen molar-refractivity contribution >= 4 is 5.78 Å². The van der Waals surface area contributed by atoms with Crippen LogP contribution in [0, 0.1) is 0 Å². The molecule has 16 heavy (non-hydrogen) atoms. The van der Waals surface area contributed by atoms with E-state index in [9.17, 15) is 4.79 Å². The molecular weight excluding hydrogens is 202 g/mol. The van der Waals surface area contributed by atoms with E-state index >= 15 is 0 Å². The highest BCUT2D eigenvalue weighted by atomic mass is 16.5. The summed E-state index contributed by atoms with van der Waals surface area (Å²) in [6, 6.07) is 7.80. The monoisotopic (exact) mass is 219 g/mol. The molecule has 1 aliphatic rings. The molecule has 0 aromatic heterocycles. The normalized spacial score (nSPS) is 22.1. The molecule has 0 spiro atoms. The van der Waals surface area contributed by atoms with Crippen LogP contribution >= 0.6 is 0 Å². The molecule has 1 aromatic carbocycles. The number of likely N-dealkylation sites (N-methyl/N-ethyl adjacent to an activating group) is 1. The van der Waals surface area contributed by atoms with Gasteiger partial charge >= 0.3 is 0 Å². The Bertz CT molecular complexity index is 389. The second-order valence-corrected chi connectivity index (χ2v) is 4.29. The summed E-state index contributed by atoms with van der Waals surface area (Å²) in [6.45, 7) is 1.51. The van der Waals surface area contributed by atoms with Gasteiger partial charge in [0.15, 0.2) is 5.78 Å². The molecule has 1 saturated heterocycles. The number of carbonyl (C=O) groups excluding carboxylic acids is 1. The van der Waals surface area contributed by atoms with Crippen LogP contribution in [0.5, 0.6) is 5.75 Å². The molecule has 0 N–H and O–H groups in total. The van der Waals surface area contributed by atoms with E-state index in [1.165, 1.54) is 0 Å². The number of nitrogens with zero attached hydrogens (tertiary/aromatic N) is 1. The predicted molar refractivity (Wildman–Crippen MR) is 62.9 cm³/mol. The lowest BCUT2D eigenvalue weighted by molar-refractivity contribution is -0.123. The van der Waals surface area contributed by atoms with E-state index < -0.39 is 0 Å². The van der Waals surface area contributed by atoms with E-state index in [0.29, 0.717) is 12.3 Å². The van der Waals surface area contributed by atoms with E-state index in [4.69, 9.17) is 4.74 Å². The van der Waals surface area contributed by atoms with Crippen LogP contribution in [-0.4, -0.2) is 37.9 Å². The van der Waals surface area contributed by atoms with E-state index in [1.807, 2.05) is 31.3 Å². The molecule has 0 radical (unpaired) electrons. The Morgan fingerprint density at radius 2 is 2.12 bits per heavy atom. The number of rotatable bonds is 2. The van der Waals surface area contributed by atoms with Gasteiger partial charge in [0.05, 0.1) is 13.7 Å². The van der Waals surface area contributed by atoms with Crippen molar-refractivity contribution in [3.05, 3.63) is 29.8 Å². The molecule has 3 heteroatoms. The van der Waals surface area contributed by atoms with Crippen LogP contribution in [0.4, 0.5) is 0 Å². The van der Waals surface area contributed by atoms with Gasteiger partial charge in [-0.2, -0.15) is 0 Å². The first-order valence-electron chi connectivity index (χ1n) is 5.56. The van der Waals surface area contributed by atoms with Crippen molar-refractivity contribution in [1.29, 1.82) is 0 Å². The Labute approximate surface area is 96.0 Å².